The lowest BCUT2D eigenvalue weighted by Gasteiger charge is -2.04. The molecule has 0 unspecified atom stereocenters. The highest BCUT2D eigenvalue weighted by molar-refractivity contribution is 9.10. The van der Waals surface area contributed by atoms with Gasteiger partial charge in [-0.2, -0.15) is 0 Å². The van der Waals surface area contributed by atoms with Gasteiger partial charge < -0.3 is 5.32 Å². The molecule has 0 radical (unpaired) electrons. The van der Waals surface area contributed by atoms with Gasteiger partial charge in [-0.15, -0.1) is 5.10 Å². The first-order chi connectivity index (χ1) is 8.22. The molecule has 1 aromatic heterocycles. The Morgan fingerprint density at radius 3 is 3.00 bits per heavy atom. The number of hydrogen-bond acceptors (Lipinski definition) is 4. The Balaban J connectivity index is 2.35. The Morgan fingerprint density at radius 2 is 2.29 bits per heavy atom. The molecule has 2 aromatic rings. The Kier molecular flexibility index (Phi) is 4.20. The molecular weight excluding hydrogens is 305 g/mol. The third-order valence-corrected chi connectivity index (χ3v) is 3.66. The van der Waals surface area contributed by atoms with Gasteiger partial charge in [0.25, 0.3) is 0 Å². The van der Waals surface area contributed by atoms with E-state index in [9.17, 15) is 4.39 Å². The van der Waals surface area contributed by atoms with E-state index in [1.165, 1.54) is 23.7 Å². The van der Waals surface area contributed by atoms with Gasteiger partial charge in [-0.05, 0) is 52.2 Å². The van der Waals surface area contributed by atoms with Crippen molar-refractivity contribution in [2.75, 3.05) is 6.54 Å². The predicted octanol–water partition coefficient (Wildman–Crippen LogP) is 3.22. The fourth-order valence-electron chi connectivity index (χ4n) is 1.45. The van der Waals surface area contributed by atoms with Crippen LogP contribution in [0, 0.1) is 5.82 Å². The largest absolute Gasteiger partial charge is 0.312 e. The summed E-state index contributed by atoms with van der Waals surface area (Å²) in [4.78, 5) is 1.05. The van der Waals surface area contributed by atoms with Crippen LogP contribution >= 0.6 is 27.5 Å². The number of nitrogens with zero attached hydrogens (tertiary/aromatic N) is 2. The number of aromatic nitrogens is 2. The van der Waals surface area contributed by atoms with E-state index in [4.69, 9.17) is 0 Å². The van der Waals surface area contributed by atoms with E-state index in [1.807, 2.05) is 6.92 Å². The van der Waals surface area contributed by atoms with Gasteiger partial charge in [-0.3, -0.25) is 0 Å². The molecule has 1 N–H and O–H groups in total. The maximum absolute atomic E-state index is 13.0. The zero-order valence-corrected chi connectivity index (χ0v) is 11.6. The lowest BCUT2D eigenvalue weighted by Crippen LogP contribution is -2.11. The first-order valence-electron chi connectivity index (χ1n) is 5.19. The van der Waals surface area contributed by atoms with Crippen molar-refractivity contribution >= 4 is 27.5 Å². The van der Waals surface area contributed by atoms with Crippen LogP contribution in [0.4, 0.5) is 4.39 Å². The van der Waals surface area contributed by atoms with Crippen molar-refractivity contribution in [1.82, 2.24) is 14.9 Å². The molecule has 0 bridgehead atoms. The van der Waals surface area contributed by atoms with Crippen LogP contribution in [0.5, 0.6) is 0 Å². The monoisotopic (exact) mass is 315 g/mol. The highest BCUT2D eigenvalue weighted by Gasteiger charge is 2.13. The molecule has 3 nitrogen and oxygen atoms in total. The number of halogens is 2. The number of rotatable bonds is 4. The second-order valence-corrected chi connectivity index (χ2v) is 5.14. The second kappa shape index (κ2) is 5.66. The summed E-state index contributed by atoms with van der Waals surface area (Å²) in [6.45, 7) is 3.66. The summed E-state index contributed by atoms with van der Waals surface area (Å²) >= 11 is 4.71. The standard InChI is InChI=1S/C11H11BrFN3S/c1-2-14-6-10-11(15-16-17-10)8-4-3-7(13)5-9(8)12/h3-5,14H,2,6H2,1H3. The van der Waals surface area contributed by atoms with Crippen molar-refractivity contribution in [3.8, 4) is 11.3 Å². The van der Waals surface area contributed by atoms with E-state index in [-0.39, 0.29) is 5.82 Å². The summed E-state index contributed by atoms with van der Waals surface area (Å²) in [5.74, 6) is -0.267. The van der Waals surface area contributed by atoms with Gasteiger partial charge in [0.1, 0.15) is 11.5 Å². The summed E-state index contributed by atoms with van der Waals surface area (Å²) in [7, 11) is 0. The molecule has 0 aliphatic carbocycles. The van der Waals surface area contributed by atoms with Gasteiger partial charge in [0.15, 0.2) is 0 Å². The zero-order valence-electron chi connectivity index (χ0n) is 9.20. The maximum atomic E-state index is 13.0. The molecule has 1 heterocycles. The third kappa shape index (κ3) is 2.88. The summed E-state index contributed by atoms with van der Waals surface area (Å²) in [6.07, 6.45) is 0. The molecule has 0 amide bonds. The van der Waals surface area contributed by atoms with Crippen molar-refractivity contribution < 1.29 is 4.39 Å². The molecule has 0 aliphatic heterocycles. The molecule has 2 rings (SSSR count). The van der Waals surface area contributed by atoms with Crippen LogP contribution in [0.25, 0.3) is 11.3 Å². The first kappa shape index (κ1) is 12.6. The van der Waals surface area contributed by atoms with E-state index >= 15 is 0 Å². The summed E-state index contributed by atoms with van der Waals surface area (Å²) in [5.41, 5.74) is 1.68. The molecule has 0 aliphatic rings. The minimum Gasteiger partial charge on any atom is -0.312 e. The number of benzene rings is 1. The molecule has 90 valence electrons. The van der Waals surface area contributed by atoms with Crippen LogP contribution in [0.15, 0.2) is 22.7 Å². The van der Waals surface area contributed by atoms with Crippen LogP contribution in [0.3, 0.4) is 0 Å². The van der Waals surface area contributed by atoms with Crippen LogP contribution in [0.2, 0.25) is 0 Å². The van der Waals surface area contributed by atoms with E-state index in [0.29, 0.717) is 4.47 Å². The Morgan fingerprint density at radius 1 is 1.47 bits per heavy atom. The average molecular weight is 316 g/mol. The van der Waals surface area contributed by atoms with Gasteiger partial charge in [0.05, 0.1) is 4.88 Å². The quantitative estimate of drug-likeness (QED) is 0.941. The molecular formula is C11H11BrFN3S. The molecule has 17 heavy (non-hydrogen) atoms. The van der Waals surface area contributed by atoms with Gasteiger partial charge in [-0.1, -0.05) is 11.4 Å². The minimum absolute atomic E-state index is 0.267. The fraction of sp³-hybridized carbons (Fsp3) is 0.273. The number of nitrogens with one attached hydrogen (secondary N) is 1. The van der Waals surface area contributed by atoms with E-state index < -0.39 is 0 Å². The fourth-order valence-corrected chi connectivity index (χ4v) is 2.61. The summed E-state index contributed by atoms with van der Waals surface area (Å²) in [5, 5.41) is 7.34. The molecule has 0 fully saturated rings. The van der Waals surface area contributed by atoms with Gasteiger partial charge in [-0.25, -0.2) is 4.39 Å². The SMILES string of the molecule is CCNCc1snnc1-c1ccc(F)cc1Br. The lowest BCUT2D eigenvalue weighted by molar-refractivity contribution is 0.627. The molecule has 0 atom stereocenters. The topological polar surface area (TPSA) is 37.8 Å². The maximum Gasteiger partial charge on any atom is 0.124 e. The molecule has 0 spiro atoms. The van der Waals surface area contributed by atoms with Crippen LogP contribution in [-0.4, -0.2) is 16.1 Å². The molecule has 0 saturated heterocycles. The normalized spacial score (nSPS) is 10.8. The average Bonchev–Trinajstić information content (AvgIpc) is 2.74. The third-order valence-electron chi connectivity index (χ3n) is 2.28. The smallest absolute Gasteiger partial charge is 0.124 e. The van der Waals surface area contributed by atoms with Crippen LogP contribution in [0.1, 0.15) is 11.8 Å². The van der Waals surface area contributed by atoms with Crippen molar-refractivity contribution in [2.24, 2.45) is 0 Å². The van der Waals surface area contributed by atoms with Crippen molar-refractivity contribution in [1.29, 1.82) is 0 Å². The van der Waals surface area contributed by atoms with Crippen molar-refractivity contribution in [2.45, 2.75) is 13.5 Å². The lowest BCUT2D eigenvalue weighted by atomic mass is 10.1. The van der Waals surface area contributed by atoms with Gasteiger partial charge in [0.2, 0.25) is 0 Å². The summed E-state index contributed by atoms with van der Waals surface area (Å²) < 4.78 is 17.7. The highest BCUT2D eigenvalue weighted by Crippen LogP contribution is 2.31. The number of hydrogen-bond donors (Lipinski definition) is 1. The van der Waals surface area contributed by atoms with Gasteiger partial charge >= 0.3 is 0 Å². The van der Waals surface area contributed by atoms with E-state index in [2.05, 4.69) is 30.8 Å². The van der Waals surface area contributed by atoms with Crippen LogP contribution < -0.4 is 5.32 Å². The van der Waals surface area contributed by atoms with Crippen molar-refractivity contribution in [3.05, 3.63) is 33.4 Å². The van der Waals surface area contributed by atoms with Crippen molar-refractivity contribution in [3.63, 3.8) is 0 Å². The minimum atomic E-state index is -0.267. The second-order valence-electron chi connectivity index (χ2n) is 3.45. The first-order valence-corrected chi connectivity index (χ1v) is 6.76. The van der Waals surface area contributed by atoms with Gasteiger partial charge in [0, 0.05) is 16.6 Å². The zero-order chi connectivity index (χ0) is 12.3. The Labute approximate surface area is 111 Å². The Bertz CT molecular complexity index is 515. The van der Waals surface area contributed by atoms with E-state index in [1.54, 1.807) is 6.07 Å². The summed E-state index contributed by atoms with van der Waals surface area (Å²) in [6, 6.07) is 4.58. The molecule has 1 aromatic carbocycles. The van der Waals surface area contributed by atoms with E-state index in [0.717, 1.165) is 29.2 Å². The highest BCUT2D eigenvalue weighted by atomic mass is 79.9. The predicted molar refractivity (Wildman–Crippen MR) is 70.4 cm³/mol. The Hall–Kier alpha value is -0.850. The molecule has 0 saturated carbocycles. The molecule has 6 heteroatoms. The van der Waals surface area contributed by atoms with Crippen LogP contribution in [-0.2, 0) is 6.54 Å².